The maximum Gasteiger partial charge on any atom is 0.140 e. The zero-order valence-electron chi connectivity index (χ0n) is 9.11. The summed E-state index contributed by atoms with van der Waals surface area (Å²) < 4.78 is 0. The van der Waals surface area contributed by atoms with Gasteiger partial charge in [-0.05, 0) is 25.7 Å². The summed E-state index contributed by atoms with van der Waals surface area (Å²) in [5.74, 6) is 1.11. The summed E-state index contributed by atoms with van der Waals surface area (Å²) in [7, 11) is 0. The van der Waals surface area contributed by atoms with Crippen LogP contribution in [0, 0.1) is 5.92 Å². The Kier molecular flexibility index (Phi) is 4.20. The molecule has 2 unspecified atom stereocenters. The Bertz CT molecular complexity index is 206. The minimum absolute atomic E-state index is 0.329. The van der Waals surface area contributed by atoms with Crippen LogP contribution < -0.4 is 5.73 Å². The van der Waals surface area contributed by atoms with Crippen LogP contribution in [0.25, 0.3) is 0 Å². The van der Waals surface area contributed by atoms with E-state index in [-0.39, 0.29) is 0 Å². The third-order valence-corrected chi connectivity index (χ3v) is 3.03. The summed E-state index contributed by atoms with van der Waals surface area (Å²) in [6.45, 7) is 6.57. The van der Waals surface area contributed by atoms with E-state index in [1.54, 1.807) is 0 Å². The molecule has 1 fully saturated rings. The average molecular weight is 199 g/mol. The molecule has 0 aromatic carbocycles. The minimum atomic E-state index is 0.329. The molecule has 0 radical (unpaired) electrons. The number of likely N-dealkylation sites (tertiary alicyclic amines) is 1. The second-order valence-corrected chi connectivity index (χ2v) is 4.37. The van der Waals surface area contributed by atoms with E-state index in [2.05, 4.69) is 23.9 Å². The van der Waals surface area contributed by atoms with Crippen LogP contribution in [-0.2, 0) is 0 Å². The molecule has 14 heavy (non-hydrogen) atoms. The Balaban J connectivity index is 2.34. The number of piperidine rings is 1. The van der Waals surface area contributed by atoms with Crippen molar-refractivity contribution in [2.24, 2.45) is 16.8 Å². The van der Waals surface area contributed by atoms with Gasteiger partial charge < -0.3 is 10.9 Å². The predicted octanol–water partition coefficient (Wildman–Crippen LogP) is 1.24. The summed E-state index contributed by atoms with van der Waals surface area (Å²) >= 11 is 0. The first kappa shape index (κ1) is 11.3. The van der Waals surface area contributed by atoms with Gasteiger partial charge in [0, 0.05) is 25.6 Å². The normalized spacial score (nSPS) is 30.6. The number of nitrogens with two attached hydrogens (primary N) is 1. The fourth-order valence-corrected chi connectivity index (χ4v) is 2.00. The monoisotopic (exact) mass is 199 g/mol. The number of nitrogens with zero attached hydrogens (tertiary/aromatic N) is 2. The Morgan fingerprint density at radius 2 is 2.21 bits per heavy atom. The molecule has 1 aliphatic rings. The van der Waals surface area contributed by atoms with Crippen molar-refractivity contribution >= 4 is 5.84 Å². The number of hydrogen-bond donors (Lipinski definition) is 2. The third kappa shape index (κ3) is 3.18. The molecule has 0 aromatic heterocycles. The van der Waals surface area contributed by atoms with Crippen LogP contribution in [0.3, 0.4) is 0 Å². The topological polar surface area (TPSA) is 61.8 Å². The highest BCUT2D eigenvalue weighted by atomic mass is 16.4. The summed E-state index contributed by atoms with van der Waals surface area (Å²) in [6, 6.07) is 0.637. The second-order valence-electron chi connectivity index (χ2n) is 4.37. The van der Waals surface area contributed by atoms with Crippen molar-refractivity contribution in [3.05, 3.63) is 0 Å². The molecule has 2 atom stereocenters. The van der Waals surface area contributed by atoms with Gasteiger partial charge in [0.1, 0.15) is 5.84 Å². The molecule has 1 heterocycles. The fraction of sp³-hybridized carbons (Fsp3) is 0.900. The van der Waals surface area contributed by atoms with Gasteiger partial charge in [-0.15, -0.1) is 0 Å². The summed E-state index contributed by atoms with van der Waals surface area (Å²) in [5.41, 5.74) is 5.44. The summed E-state index contributed by atoms with van der Waals surface area (Å²) in [5, 5.41) is 11.4. The van der Waals surface area contributed by atoms with E-state index in [1.807, 2.05) is 0 Å². The quantitative estimate of drug-likeness (QED) is 0.311. The van der Waals surface area contributed by atoms with E-state index < -0.39 is 0 Å². The van der Waals surface area contributed by atoms with Crippen LogP contribution in [0.2, 0.25) is 0 Å². The SMILES string of the molecule is CC1CCC(C)N(CCC(N)=NO)C1. The summed E-state index contributed by atoms with van der Waals surface area (Å²) in [6.07, 6.45) is 3.24. The molecule has 0 saturated carbocycles. The van der Waals surface area contributed by atoms with E-state index in [1.165, 1.54) is 12.8 Å². The van der Waals surface area contributed by atoms with E-state index in [0.29, 0.717) is 18.3 Å². The summed E-state index contributed by atoms with van der Waals surface area (Å²) in [4.78, 5) is 2.42. The Hall–Kier alpha value is -0.770. The van der Waals surface area contributed by atoms with Gasteiger partial charge in [-0.25, -0.2) is 0 Å². The van der Waals surface area contributed by atoms with E-state index >= 15 is 0 Å². The first-order valence-electron chi connectivity index (χ1n) is 5.34. The predicted molar refractivity (Wildman–Crippen MR) is 57.5 cm³/mol. The molecule has 0 amide bonds. The molecule has 0 aliphatic carbocycles. The number of rotatable bonds is 3. The van der Waals surface area contributed by atoms with Crippen molar-refractivity contribution in [1.82, 2.24) is 4.90 Å². The van der Waals surface area contributed by atoms with Gasteiger partial charge in [0.2, 0.25) is 0 Å². The van der Waals surface area contributed by atoms with Crippen molar-refractivity contribution < 1.29 is 5.21 Å². The fourth-order valence-electron chi connectivity index (χ4n) is 2.00. The first-order chi connectivity index (χ1) is 6.63. The Labute approximate surface area is 85.8 Å². The van der Waals surface area contributed by atoms with Gasteiger partial charge in [-0.1, -0.05) is 12.1 Å². The van der Waals surface area contributed by atoms with Gasteiger partial charge in [0.15, 0.2) is 0 Å². The molecule has 1 aliphatic heterocycles. The molecular weight excluding hydrogens is 178 g/mol. The van der Waals surface area contributed by atoms with Crippen LogP contribution in [-0.4, -0.2) is 35.1 Å². The van der Waals surface area contributed by atoms with Crippen molar-refractivity contribution in [3.8, 4) is 0 Å². The molecule has 1 saturated heterocycles. The molecule has 0 bridgehead atoms. The van der Waals surface area contributed by atoms with Crippen molar-refractivity contribution in [2.75, 3.05) is 13.1 Å². The number of oxime groups is 1. The average Bonchev–Trinajstić information content (AvgIpc) is 2.19. The van der Waals surface area contributed by atoms with Crippen molar-refractivity contribution in [3.63, 3.8) is 0 Å². The molecule has 82 valence electrons. The molecule has 0 aromatic rings. The third-order valence-electron chi connectivity index (χ3n) is 3.03. The van der Waals surface area contributed by atoms with Crippen LogP contribution in [0.15, 0.2) is 5.16 Å². The smallest absolute Gasteiger partial charge is 0.140 e. The lowest BCUT2D eigenvalue weighted by atomic mass is 9.95. The van der Waals surface area contributed by atoms with Crippen LogP contribution in [0.1, 0.15) is 33.1 Å². The first-order valence-corrected chi connectivity index (χ1v) is 5.34. The highest BCUT2D eigenvalue weighted by Crippen LogP contribution is 2.21. The molecule has 4 nitrogen and oxygen atoms in total. The zero-order chi connectivity index (χ0) is 10.6. The van der Waals surface area contributed by atoms with Gasteiger partial charge in [0.05, 0.1) is 0 Å². The lowest BCUT2D eigenvalue weighted by Gasteiger charge is -2.36. The van der Waals surface area contributed by atoms with Gasteiger partial charge in [-0.3, -0.25) is 4.90 Å². The van der Waals surface area contributed by atoms with E-state index in [9.17, 15) is 0 Å². The zero-order valence-corrected chi connectivity index (χ0v) is 9.11. The van der Waals surface area contributed by atoms with E-state index in [4.69, 9.17) is 10.9 Å². The number of amidine groups is 1. The maximum atomic E-state index is 8.43. The van der Waals surface area contributed by atoms with Gasteiger partial charge in [0.25, 0.3) is 0 Å². The van der Waals surface area contributed by atoms with Gasteiger partial charge >= 0.3 is 0 Å². The molecule has 3 N–H and O–H groups in total. The highest BCUT2D eigenvalue weighted by molar-refractivity contribution is 5.79. The van der Waals surface area contributed by atoms with E-state index in [0.717, 1.165) is 19.0 Å². The minimum Gasteiger partial charge on any atom is -0.409 e. The van der Waals surface area contributed by atoms with Crippen LogP contribution >= 0.6 is 0 Å². The van der Waals surface area contributed by atoms with Crippen LogP contribution in [0.5, 0.6) is 0 Å². The maximum absolute atomic E-state index is 8.43. The van der Waals surface area contributed by atoms with Crippen molar-refractivity contribution in [1.29, 1.82) is 0 Å². The lowest BCUT2D eigenvalue weighted by molar-refractivity contribution is 0.128. The highest BCUT2D eigenvalue weighted by Gasteiger charge is 2.22. The largest absolute Gasteiger partial charge is 0.409 e. The Morgan fingerprint density at radius 1 is 1.50 bits per heavy atom. The Morgan fingerprint density at radius 3 is 2.86 bits per heavy atom. The molecular formula is C10H21N3O. The molecule has 1 rings (SSSR count). The second kappa shape index (κ2) is 5.20. The van der Waals surface area contributed by atoms with Crippen molar-refractivity contribution in [2.45, 2.75) is 39.2 Å². The standard InChI is InChI=1S/C10H21N3O/c1-8-3-4-9(2)13(7-8)6-5-10(11)12-14/h8-9,14H,3-7H2,1-2H3,(H2,11,12). The lowest BCUT2D eigenvalue weighted by Crippen LogP contribution is -2.42. The molecule has 0 spiro atoms. The number of hydrogen-bond acceptors (Lipinski definition) is 3. The van der Waals surface area contributed by atoms with Gasteiger partial charge in [-0.2, -0.15) is 0 Å². The molecule has 4 heteroatoms. The van der Waals surface area contributed by atoms with Crippen LogP contribution in [0.4, 0.5) is 0 Å².